The summed E-state index contributed by atoms with van der Waals surface area (Å²) in [7, 11) is 0. The number of benzene rings is 1. The van der Waals surface area contributed by atoms with Crippen molar-refractivity contribution < 1.29 is 18.1 Å². The van der Waals surface area contributed by atoms with Crippen LogP contribution in [-0.2, 0) is 6.18 Å². The first-order valence-corrected chi connectivity index (χ1v) is 7.13. The molecule has 0 spiro atoms. The molecule has 0 atom stereocenters. The number of anilines is 1. The summed E-state index contributed by atoms with van der Waals surface area (Å²) in [6.45, 7) is 6.43. The molecule has 22 heavy (non-hydrogen) atoms. The van der Waals surface area contributed by atoms with E-state index in [1.165, 1.54) is 6.07 Å². The number of alkyl halides is 3. The molecule has 0 bridgehead atoms. The van der Waals surface area contributed by atoms with Crippen molar-refractivity contribution in [2.75, 3.05) is 11.4 Å². The molecule has 2 rings (SSSR count). The van der Waals surface area contributed by atoms with Crippen LogP contribution in [0.5, 0.6) is 0 Å². The van der Waals surface area contributed by atoms with E-state index >= 15 is 0 Å². The lowest BCUT2D eigenvalue weighted by Crippen LogP contribution is -2.43. The molecule has 0 saturated heterocycles. The largest absolute Gasteiger partial charge is 0.423 e. The number of nitro groups is 1. The lowest BCUT2D eigenvalue weighted by atomic mass is 10.0. The molecular formula is C15H19F3N2O2. The first-order chi connectivity index (χ1) is 10.00. The summed E-state index contributed by atoms with van der Waals surface area (Å²) in [4.78, 5) is 11.7. The van der Waals surface area contributed by atoms with Gasteiger partial charge in [-0.25, -0.2) is 0 Å². The summed E-state index contributed by atoms with van der Waals surface area (Å²) < 4.78 is 39.3. The number of rotatable bonds is 4. The van der Waals surface area contributed by atoms with Crippen molar-refractivity contribution in [3.05, 3.63) is 33.9 Å². The Kier molecular flexibility index (Phi) is 4.10. The van der Waals surface area contributed by atoms with Gasteiger partial charge < -0.3 is 4.90 Å². The zero-order valence-electron chi connectivity index (χ0n) is 12.8. The fraction of sp³-hybridized carbons (Fsp3) is 0.600. The fourth-order valence-corrected chi connectivity index (χ4v) is 2.40. The molecule has 0 radical (unpaired) electrons. The number of hydrogen-bond acceptors (Lipinski definition) is 3. The zero-order valence-corrected chi connectivity index (χ0v) is 12.8. The molecule has 0 unspecified atom stereocenters. The summed E-state index contributed by atoms with van der Waals surface area (Å²) in [6, 6.07) is 3.25. The van der Waals surface area contributed by atoms with Crippen molar-refractivity contribution in [3.63, 3.8) is 0 Å². The third kappa shape index (κ3) is 3.69. The fourth-order valence-electron chi connectivity index (χ4n) is 2.40. The summed E-state index contributed by atoms with van der Waals surface area (Å²) >= 11 is 0. The van der Waals surface area contributed by atoms with Gasteiger partial charge in [-0.2, -0.15) is 13.2 Å². The highest BCUT2D eigenvalue weighted by molar-refractivity contribution is 5.58. The average molecular weight is 316 g/mol. The Morgan fingerprint density at radius 1 is 1.27 bits per heavy atom. The van der Waals surface area contributed by atoms with Gasteiger partial charge >= 0.3 is 6.18 Å². The van der Waals surface area contributed by atoms with Gasteiger partial charge in [-0.15, -0.1) is 0 Å². The Labute approximate surface area is 127 Å². The first kappa shape index (κ1) is 16.6. The van der Waals surface area contributed by atoms with Gasteiger partial charge in [0.1, 0.15) is 5.56 Å². The van der Waals surface area contributed by atoms with Crippen LogP contribution in [0, 0.1) is 16.0 Å². The minimum Gasteiger partial charge on any atom is -0.366 e. The van der Waals surface area contributed by atoms with Crippen LogP contribution < -0.4 is 4.90 Å². The van der Waals surface area contributed by atoms with E-state index in [0.29, 0.717) is 18.2 Å². The van der Waals surface area contributed by atoms with E-state index in [9.17, 15) is 23.3 Å². The topological polar surface area (TPSA) is 46.4 Å². The molecule has 4 nitrogen and oxygen atoms in total. The van der Waals surface area contributed by atoms with Crippen LogP contribution in [0.2, 0.25) is 0 Å². The number of halogens is 3. The SMILES string of the molecule is CC(C)(C)N(CC1CC1)c1ccc([N+](=O)[O-])c(C(F)(F)F)c1. The first-order valence-electron chi connectivity index (χ1n) is 7.13. The molecule has 122 valence electrons. The normalized spacial score (nSPS) is 15.7. The number of nitrogens with zero attached hydrogens (tertiary/aromatic N) is 2. The van der Waals surface area contributed by atoms with E-state index in [0.717, 1.165) is 25.0 Å². The predicted octanol–water partition coefficient (Wildman–Crippen LogP) is 4.63. The highest BCUT2D eigenvalue weighted by atomic mass is 19.4. The molecule has 7 heteroatoms. The van der Waals surface area contributed by atoms with Crippen LogP contribution in [-0.4, -0.2) is 17.0 Å². The third-order valence-corrected chi connectivity index (χ3v) is 3.74. The lowest BCUT2D eigenvalue weighted by Gasteiger charge is -2.38. The molecule has 0 N–H and O–H groups in total. The van der Waals surface area contributed by atoms with Gasteiger partial charge in [-0.3, -0.25) is 10.1 Å². The lowest BCUT2D eigenvalue weighted by molar-refractivity contribution is -0.388. The zero-order chi connectivity index (χ0) is 16.7. The predicted molar refractivity (Wildman–Crippen MR) is 77.9 cm³/mol. The minimum absolute atomic E-state index is 0.360. The summed E-state index contributed by atoms with van der Waals surface area (Å²) in [5.41, 5.74) is -2.09. The van der Waals surface area contributed by atoms with Gasteiger partial charge in [0, 0.05) is 23.8 Å². The molecule has 1 aliphatic carbocycles. The van der Waals surface area contributed by atoms with Crippen molar-refractivity contribution in [2.45, 2.75) is 45.3 Å². The summed E-state index contributed by atoms with van der Waals surface area (Å²) in [6.07, 6.45) is -2.60. The van der Waals surface area contributed by atoms with Crippen molar-refractivity contribution in [3.8, 4) is 0 Å². The van der Waals surface area contributed by atoms with Crippen molar-refractivity contribution in [2.24, 2.45) is 5.92 Å². The number of nitro benzene ring substituents is 1. The molecule has 0 amide bonds. The Bertz CT molecular complexity index is 575. The van der Waals surface area contributed by atoms with Gasteiger partial charge in [0.15, 0.2) is 0 Å². The molecule has 1 aliphatic rings. The van der Waals surface area contributed by atoms with E-state index in [1.807, 2.05) is 25.7 Å². The monoisotopic (exact) mass is 316 g/mol. The van der Waals surface area contributed by atoms with Gasteiger partial charge in [0.05, 0.1) is 4.92 Å². The Balaban J connectivity index is 2.47. The molecule has 0 aromatic heterocycles. The van der Waals surface area contributed by atoms with Crippen molar-refractivity contribution in [1.29, 1.82) is 0 Å². The van der Waals surface area contributed by atoms with Crippen molar-refractivity contribution >= 4 is 11.4 Å². The van der Waals surface area contributed by atoms with Gasteiger partial charge in [0.25, 0.3) is 5.69 Å². The maximum atomic E-state index is 13.1. The summed E-state index contributed by atoms with van der Waals surface area (Å²) in [5, 5.41) is 10.8. The Morgan fingerprint density at radius 2 is 1.86 bits per heavy atom. The van der Waals surface area contributed by atoms with Crippen molar-refractivity contribution in [1.82, 2.24) is 0 Å². The van der Waals surface area contributed by atoms with Crippen LogP contribution in [0.25, 0.3) is 0 Å². The molecule has 1 saturated carbocycles. The third-order valence-electron chi connectivity index (χ3n) is 3.74. The quantitative estimate of drug-likeness (QED) is 0.601. The highest BCUT2D eigenvalue weighted by Crippen LogP contribution is 2.40. The molecular weight excluding hydrogens is 297 g/mol. The Hall–Kier alpha value is -1.79. The van der Waals surface area contributed by atoms with E-state index in [-0.39, 0.29) is 5.54 Å². The Morgan fingerprint density at radius 3 is 2.27 bits per heavy atom. The highest BCUT2D eigenvalue weighted by Gasteiger charge is 2.39. The standard InChI is InChI=1S/C15H19F3N2O2/c1-14(2,3)19(9-10-4-5-10)11-6-7-13(20(21)22)12(8-11)15(16,17)18/h6-8,10H,4-5,9H2,1-3H3. The maximum Gasteiger partial charge on any atom is 0.423 e. The average Bonchev–Trinajstić information content (AvgIpc) is 3.16. The van der Waals surface area contributed by atoms with E-state index < -0.39 is 22.4 Å². The van der Waals surface area contributed by atoms with Gasteiger partial charge in [0.2, 0.25) is 0 Å². The van der Waals surface area contributed by atoms with Crippen LogP contribution >= 0.6 is 0 Å². The molecule has 1 aromatic rings. The smallest absolute Gasteiger partial charge is 0.366 e. The molecule has 0 heterocycles. The van der Waals surface area contributed by atoms with Crippen LogP contribution in [0.4, 0.5) is 24.5 Å². The van der Waals surface area contributed by atoms with Crippen LogP contribution in [0.15, 0.2) is 18.2 Å². The molecule has 0 aliphatic heterocycles. The second-order valence-electron chi connectivity index (χ2n) is 6.68. The molecule has 1 aromatic carbocycles. The van der Waals surface area contributed by atoms with E-state index in [2.05, 4.69) is 0 Å². The second kappa shape index (κ2) is 5.44. The summed E-state index contributed by atoms with van der Waals surface area (Å²) in [5.74, 6) is 0.490. The van der Waals surface area contributed by atoms with E-state index in [1.54, 1.807) is 0 Å². The minimum atomic E-state index is -4.75. The number of hydrogen-bond donors (Lipinski definition) is 0. The van der Waals surface area contributed by atoms with Gasteiger partial charge in [-0.05, 0) is 51.7 Å². The van der Waals surface area contributed by atoms with E-state index in [4.69, 9.17) is 0 Å². The van der Waals surface area contributed by atoms with Crippen LogP contribution in [0.1, 0.15) is 39.2 Å². The maximum absolute atomic E-state index is 13.1. The van der Waals surface area contributed by atoms with Crippen LogP contribution in [0.3, 0.4) is 0 Å². The molecule has 1 fully saturated rings. The second-order valence-corrected chi connectivity index (χ2v) is 6.68. The van der Waals surface area contributed by atoms with Gasteiger partial charge in [-0.1, -0.05) is 0 Å².